The Labute approximate surface area is 320 Å². The number of amides is 1. The average Bonchev–Trinajstić information content (AvgIpc) is 3.63. The summed E-state index contributed by atoms with van der Waals surface area (Å²) in [6.07, 6.45) is 3.95. The molecular weight excluding hydrogens is 724 g/mol. The number of carbonyl (C=O) groups excluding carboxylic acids is 1. The second-order valence-electron chi connectivity index (χ2n) is 15.5. The predicted molar refractivity (Wildman–Crippen MR) is 203 cm³/mol. The highest BCUT2D eigenvalue weighted by atomic mass is 19.1. The second-order valence-corrected chi connectivity index (χ2v) is 15.5. The van der Waals surface area contributed by atoms with E-state index in [2.05, 4.69) is 20.3 Å². The van der Waals surface area contributed by atoms with Crippen molar-refractivity contribution in [2.75, 3.05) is 50.6 Å². The van der Waals surface area contributed by atoms with Crippen LogP contribution in [0.5, 0.6) is 0 Å². The van der Waals surface area contributed by atoms with E-state index in [1.54, 1.807) is 25.3 Å². The van der Waals surface area contributed by atoms with Gasteiger partial charge in [-0.05, 0) is 56.5 Å². The van der Waals surface area contributed by atoms with Crippen LogP contribution < -0.4 is 10.2 Å². The highest BCUT2D eigenvalue weighted by Gasteiger charge is 2.43. The number of ether oxygens (including phenoxy) is 1. The standard InChI is InChI=1S/C40H40F3N11O2/c1-21-45-32-13-24(42)11-28-31-5-4-6-35(47-31)46-25-14-34(40(55)50(2)19-27(56-3)20-52(21)36(28)32)53(18-25)38-29-15-44-54(33-10-7-23(41)12-30(33)43)39(29)49-37(48-38)22-16-51(17-22)26-8-9-26/h4-7,10-13,15,22,25-27,34H,8-9,14,16-20H2,1-3H3,(H,46,47)/t25-,27+,34-/m0/s1. The Balaban J connectivity index is 1.09. The molecule has 2 saturated heterocycles. The third-order valence-corrected chi connectivity index (χ3v) is 11.7. The van der Waals surface area contributed by atoms with Gasteiger partial charge in [0.05, 0.1) is 41.0 Å². The minimum Gasteiger partial charge on any atom is -0.378 e. The van der Waals surface area contributed by atoms with E-state index < -0.39 is 29.6 Å². The van der Waals surface area contributed by atoms with Crippen molar-refractivity contribution in [2.24, 2.45) is 0 Å². The Morgan fingerprint density at radius 1 is 0.911 bits per heavy atom. The molecule has 0 unspecified atom stereocenters. The quantitative estimate of drug-likeness (QED) is 0.255. The summed E-state index contributed by atoms with van der Waals surface area (Å²) in [5.74, 6) is 0.399. The van der Waals surface area contributed by atoms with Crippen LogP contribution in [-0.4, -0.2) is 115 Å². The molecule has 1 aliphatic carbocycles. The second kappa shape index (κ2) is 13.3. The first-order chi connectivity index (χ1) is 27.1. The van der Waals surface area contributed by atoms with Crippen molar-refractivity contribution in [1.82, 2.24) is 44.1 Å². The number of likely N-dealkylation sites (N-methyl/N-ethyl adjacent to an activating group) is 1. The maximum absolute atomic E-state index is 15.3. The molecule has 0 spiro atoms. The van der Waals surface area contributed by atoms with Gasteiger partial charge in [-0.25, -0.2) is 37.8 Å². The lowest BCUT2D eigenvalue weighted by atomic mass is 9.99. The van der Waals surface area contributed by atoms with Crippen LogP contribution in [0.1, 0.15) is 36.8 Å². The fraction of sp³-hybridized carbons (Fsp3) is 0.400. The zero-order valence-corrected chi connectivity index (χ0v) is 31.2. The van der Waals surface area contributed by atoms with Crippen molar-refractivity contribution in [3.8, 4) is 16.9 Å². The number of nitrogens with zero attached hydrogens (tertiary/aromatic N) is 10. The van der Waals surface area contributed by atoms with Crippen molar-refractivity contribution < 1.29 is 22.7 Å². The number of hydrogen-bond donors (Lipinski definition) is 1. The van der Waals surface area contributed by atoms with Gasteiger partial charge in [0.25, 0.3) is 0 Å². The van der Waals surface area contributed by atoms with Gasteiger partial charge in [0.15, 0.2) is 11.5 Å². The van der Waals surface area contributed by atoms with Crippen LogP contribution in [-0.2, 0) is 16.1 Å². The fourth-order valence-corrected chi connectivity index (χ4v) is 8.67. The number of halogens is 3. The van der Waals surface area contributed by atoms with Gasteiger partial charge in [0, 0.05) is 76.0 Å². The number of imidazole rings is 1. The highest BCUT2D eigenvalue weighted by Crippen LogP contribution is 2.39. The molecule has 1 N–H and O–H groups in total. The number of aryl methyl sites for hydroxylation is 1. The Kier molecular flexibility index (Phi) is 8.25. The van der Waals surface area contributed by atoms with Gasteiger partial charge in [-0.2, -0.15) is 5.10 Å². The molecule has 0 radical (unpaired) electrons. The summed E-state index contributed by atoms with van der Waals surface area (Å²) < 4.78 is 53.7. The fourth-order valence-electron chi connectivity index (χ4n) is 8.67. The molecule has 1 saturated carbocycles. The molecule has 3 aliphatic heterocycles. The molecule has 3 fully saturated rings. The summed E-state index contributed by atoms with van der Waals surface area (Å²) in [4.78, 5) is 40.6. The molecule has 3 atom stereocenters. The number of methoxy groups -OCH3 is 1. The van der Waals surface area contributed by atoms with E-state index in [4.69, 9.17) is 19.7 Å². The molecule has 288 valence electrons. The summed E-state index contributed by atoms with van der Waals surface area (Å²) in [7, 11) is 3.39. The van der Waals surface area contributed by atoms with Crippen LogP contribution in [0.25, 0.3) is 39.0 Å². The van der Waals surface area contributed by atoms with E-state index in [9.17, 15) is 9.18 Å². The molecular formula is C40H40F3N11O2. The van der Waals surface area contributed by atoms with Gasteiger partial charge in [-0.3, -0.25) is 9.69 Å². The molecule has 2 aromatic carbocycles. The molecule has 4 aromatic heterocycles. The Morgan fingerprint density at radius 2 is 1.75 bits per heavy atom. The lowest BCUT2D eigenvalue weighted by Crippen LogP contribution is -2.48. The molecule has 4 aliphatic rings. The molecule has 1 amide bonds. The normalized spacial score (nSPS) is 22.0. The lowest BCUT2D eigenvalue weighted by molar-refractivity contribution is -0.132. The van der Waals surface area contributed by atoms with Crippen LogP contribution in [0.4, 0.5) is 24.8 Å². The van der Waals surface area contributed by atoms with Gasteiger partial charge in [-0.1, -0.05) is 6.07 Å². The average molecular weight is 764 g/mol. The Hall–Kier alpha value is -5.61. The number of nitrogens with one attached hydrogen (secondary N) is 1. The first-order valence-electron chi connectivity index (χ1n) is 19.0. The number of anilines is 2. The topological polar surface area (TPSA) is 122 Å². The third-order valence-electron chi connectivity index (χ3n) is 11.7. The van der Waals surface area contributed by atoms with Crippen molar-refractivity contribution in [3.63, 3.8) is 0 Å². The molecule has 7 heterocycles. The molecule has 4 bridgehead atoms. The van der Waals surface area contributed by atoms with Gasteiger partial charge in [0.2, 0.25) is 5.91 Å². The van der Waals surface area contributed by atoms with E-state index in [-0.39, 0.29) is 30.1 Å². The minimum atomic E-state index is -0.770. The first-order valence-corrected chi connectivity index (χ1v) is 19.0. The number of pyridine rings is 1. The summed E-state index contributed by atoms with van der Waals surface area (Å²) in [5.41, 5.74) is 2.87. The van der Waals surface area contributed by atoms with Crippen LogP contribution in [0, 0.1) is 24.4 Å². The Morgan fingerprint density at radius 3 is 2.54 bits per heavy atom. The highest BCUT2D eigenvalue weighted by molar-refractivity contribution is 5.94. The predicted octanol–water partition coefficient (Wildman–Crippen LogP) is 5.06. The monoisotopic (exact) mass is 763 g/mol. The van der Waals surface area contributed by atoms with Crippen LogP contribution >= 0.6 is 0 Å². The number of aromatic nitrogens is 7. The lowest BCUT2D eigenvalue weighted by Gasteiger charge is -2.39. The number of carbonyl (C=O) groups is 1. The van der Waals surface area contributed by atoms with Crippen molar-refractivity contribution in [3.05, 3.63) is 83.8 Å². The maximum Gasteiger partial charge on any atom is 0.245 e. The number of hydrogen-bond acceptors (Lipinski definition) is 10. The number of likely N-dealkylation sites (tertiary alicyclic amines) is 1. The van der Waals surface area contributed by atoms with E-state index in [0.29, 0.717) is 76.6 Å². The zero-order chi connectivity index (χ0) is 38.4. The van der Waals surface area contributed by atoms with E-state index in [1.807, 2.05) is 34.6 Å². The smallest absolute Gasteiger partial charge is 0.245 e. The molecule has 10 rings (SSSR count). The van der Waals surface area contributed by atoms with E-state index in [0.717, 1.165) is 24.7 Å². The van der Waals surface area contributed by atoms with Gasteiger partial charge >= 0.3 is 0 Å². The van der Waals surface area contributed by atoms with Crippen LogP contribution in [0.15, 0.2) is 54.7 Å². The maximum atomic E-state index is 15.3. The molecule has 56 heavy (non-hydrogen) atoms. The summed E-state index contributed by atoms with van der Waals surface area (Å²) in [6, 6.07) is 11.5. The van der Waals surface area contributed by atoms with Crippen LogP contribution in [0.3, 0.4) is 0 Å². The largest absolute Gasteiger partial charge is 0.378 e. The first kappa shape index (κ1) is 34.8. The summed E-state index contributed by atoms with van der Waals surface area (Å²) in [6.45, 7) is 4.49. The van der Waals surface area contributed by atoms with Gasteiger partial charge < -0.3 is 24.4 Å². The molecule has 13 nitrogen and oxygen atoms in total. The minimum absolute atomic E-state index is 0.0410. The Bertz CT molecular complexity index is 2530. The molecule has 6 aromatic rings. The van der Waals surface area contributed by atoms with Gasteiger partial charge in [0.1, 0.15) is 46.6 Å². The van der Waals surface area contributed by atoms with Crippen molar-refractivity contribution in [2.45, 2.75) is 62.9 Å². The summed E-state index contributed by atoms with van der Waals surface area (Å²) >= 11 is 0. The number of benzene rings is 2. The van der Waals surface area contributed by atoms with Crippen molar-refractivity contribution in [1.29, 1.82) is 0 Å². The van der Waals surface area contributed by atoms with Crippen molar-refractivity contribution >= 4 is 39.6 Å². The third kappa shape index (κ3) is 5.93. The molecule has 16 heteroatoms. The van der Waals surface area contributed by atoms with Crippen LogP contribution in [0.2, 0.25) is 0 Å². The van der Waals surface area contributed by atoms with E-state index >= 15 is 8.78 Å². The number of rotatable bonds is 5. The number of fused-ring (bicyclic) bond motifs is 6. The SMILES string of the molecule is CO[C@@H]1CN(C)C(=O)[C@@H]2C[C@@H](CN2c2nc(C3CN(C4CC4)C3)nc3c2cnn3-c2ccc(F)cc2F)Nc2cccc(n2)-c2cc(F)cc3nc(C)n(c23)C1. The van der Waals surface area contributed by atoms with E-state index in [1.165, 1.54) is 41.8 Å². The zero-order valence-electron chi connectivity index (χ0n) is 31.2. The summed E-state index contributed by atoms with van der Waals surface area (Å²) in [5, 5.41) is 8.66. The van der Waals surface area contributed by atoms with Gasteiger partial charge in [-0.15, -0.1) is 0 Å².